The van der Waals surface area contributed by atoms with E-state index in [-0.39, 0.29) is 11.4 Å². The zero-order valence-electron chi connectivity index (χ0n) is 16.5. The van der Waals surface area contributed by atoms with E-state index in [1.54, 1.807) is 0 Å². The monoisotopic (exact) mass is 354 g/mol. The lowest BCUT2D eigenvalue weighted by atomic mass is 9.72. The molecule has 0 bridgehead atoms. The van der Waals surface area contributed by atoms with Gasteiger partial charge in [-0.15, -0.1) is 0 Å². The lowest BCUT2D eigenvalue weighted by Gasteiger charge is -2.56. The minimum absolute atomic E-state index is 0.203. The number of anilines is 1. The number of nitrogens with zero attached hydrogens (tertiary/aromatic N) is 2. The van der Waals surface area contributed by atoms with Crippen LogP contribution in [0, 0.1) is 20.4 Å². The van der Waals surface area contributed by atoms with Gasteiger partial charge in [0.05, 0.1) is 26.2 Å². The third kappa shape index (κ3) is 3.03. The van der Waals surface area contributed by atoms with Gasteiger partial charge in [0, 0.05) is 18.5 Å². The van der Waals surface area contributed by atoms with Gasteiger partial charge in [0.2, 0.25) is 0 Å². The first-order valence-electron chi connectivity index (χ1n) is 10.1. The summed E-state index contributed by atoms with van der Waals surface area (Å²) in [6, 6.07) is 3.75. The van der Waals surface area contributed by atoms with Crippen LogP contribution in [0.3, 0.4) is 0 Å². The van der Waals surface area contributed by atoms with Crippen molar-refractivity contribution in [1.29, 1.82) is 0 Å². The van der Waals surface area contributed by atoms with E-state index in [1.807, 2.05) is 26.0 Å². The molecule has 1 N–H and O–H groups in total. The number of rotatable bonds is 4. The SMILES string of the molecule is [C-]#[N+]c1cc(C)c(NC(=O)C2([N+]3(CC)CCCCCC3)CCC2)c(C)c1. The van der Waals surface area contributed by atoms with E-state index in [4.69, 9.17) is 6.57 Å². The van der Waals surface area contributed by atoms with Crippen LogP contribution in [0.15, 0.2) is 12.1 Å². The highest BCUT2D eigenvalue weighted by atomic mass is 16.2. The second-order valence-electron chi connectivity index (χ2n) is 8.23. The molecule has 0 spiro atoms. The fourth-order valence-corrected chi connectivity index (χ4v) is 5.20. The third-order valence-corrected chi connectivity index (χ3v) is 6.92. The van der Waals surface area contributed by atoms with Crippen LogP contribution >= 0.6 is 0 Å². The molecule has 1 amide bonds. The summed E-state index contributed by atoms with van der Waals surface area (Å²) in [6.07, 6.45) is 8.24. The Morgan fingerprint density at radius 2 is 1.69 bits per heavy atom. The average molecular weight is 355 g/mol. The maximum atomic E-state index is 13.6. The van der Waals surface area contributed by atoms with Gasteiger partial charge < -0.3 is 9.80 Å². The van der Waals surface area contributed by atoms with E-state index < -0.39 is 0 Å². The molecule has 2 fully saturated rings. The van der Waals surface area contributed by atoms with Gasteiger partial charge in [0.15, 0.2) is 11.2 Å². The number of likely N-dealkylation sites (tertiary alicyclic amines) is 1. The second kappa shape index (κ2) is 7.40. The van der Waals surface area contributed by atoms with E-state index in [2.05, 4.69) is 17.1 Å². The summed E-state index contributed by atoms with van der Waals surface area (Å²) in [6.45, 7) is 16.8. The molecule has 2 aliphatic rings. The molecule has 1 aliphatic carbocycles. The molecule has 3 rings (SSSR count). The molecule has 0 radical (unpaired) electrons. The normalized spacial score (nSPS) is 21.2. The topological polar surface area (TPSA) is 33.5 Å². The number of hydrogen-bond donors (Lipinski definition) is 1. The van der Waals surface area contributed by atoms with Crippen LogP contribution in [0.1, 0.15) is 63.0 Å². The highest BCUT2D eigenvalue weighted by molar-refractivity contribution is 5.99. The van der Waals surface area contributed by atoms with Crippen molar-refractivity contribution in [3.63, 3.8) is 0 Å². The summed E-state index contributed by atoms with van der Waals surface area (Å²) in [5.41, 5.74) is 3.25. The Labute approximate surface area is 158 Å². The first-order valence-corrected chi connectivity index (χ1v) is 10.1. The van der Waals surface area contributed by atoms with Crippen molar-refractivity contribution in [1.82, 2.24) is 0 Å². The summed E-state index contributed by atoms with van der Waals surface area (Å²) < 4.78 is 0.969. The molecule has 4 heteroatoms. The molecule has 1 saturated heterocycles. The number of hydrogen-bond acceptors (Lipinski definition) is 1. The Kier molecular flexibility index (Phi) is 5.39. The van der Waals surface area contributed by atoms with Crippen LogP contribution in [0.4, 0.5) is 11.4 Å². The zero-order valence-corrected chi connectivity index (χ0v) is 16.5. The first-order chi connectivity index (χ1) is 12.5. The van der Waals surface area contributed by atoms with Crippen LogP contribution in [-0.2, 0) is 4.79 Å². The van der Waals surface area contributed by atoms with Gasteiger partial charge >= 0.3 is 0 Å². The van der Waals surface area contributed by atoms with Crippen LogP contribution in [-0.4, -0.2) is 35.6 Å². The summed E-state index contributed by atoms with van der Waals surface area (Å²) in [5.74, 6) is 0.203. The van der Waals surface area contributed by atoms with E-state index in [0.717, 1.165) is 60.2 Å². The van der Waals surface area contributed by atoms with E-state index >= 15 is 0 Å². The van der Waals surface area contributed by atoms with Crippen molar-refractivity contribution in [2.45, 2.75) is 71.3 Å². The van der Waals surface area contributed by atoms with E-state index in [9.17, 15) is 4.79 Å². The molecule has 1 aromatic rings. The zero-order chi connectivity index (χ0) is 18.8. The standard InChI is InChI=1S/C22H31N3O/c1-5-25(13-8-6-7-9-14-25)22(11-10-12-22)21(26)24-20-17(2)15-19(23-4)16-18(20)3/h15-16H,5-14H2,1-3H3/p+1. The number of carbonyl (C=O) groups excluding carboxylic acids is 1. The molecule has 1 saturated carbocycles. The minimum atomic E-state index is -0.254. The lowest BCUT2D eigenvalue weighted by Crippen LogP contribution is -2.72. The van der Waals surface area contributed by atoms with E-state index in [1.165, 1.54) is 25.7 Å². The van der Waals surface area contributed by atoms with Crippen molar-refractivity contribution in [2.75, 3.05) is 25.0 Å². The molecule has 26 heavy (non-hydrogen) atoms. The van der Waals surface area contributed by atoms with E-state index in [0.29, 0.717) is 5.69 Å². The Bertz CT molecular complexity index is 696. The lowest BCUT2D eigenvalue weighted by molar-refractivity contribution is -0.970. The quantitative estimate of drug-likeness (QED) is 0.590. The number of likely N-dealkylation sites (N-methyl/N-ethyl adjacent to an activating group) is 1. The number of nitrogens with one attached hydrogen (secondary N) is 1. The number of quaternary nitrogens is 1. The minimum Gasteiger partial charge on any atom is -0.320 e. The third-order valence-electron chi connectivity index (χ3n) is 6.92. The first kappa shape index (κ1) is 18.9. The molecule has 140 valence electrons. The Morgan fingerprint density at radius 1 is 1.12 bits per heavy atom. The molecule has 1 heterocycles. The Hall–Kier alpha value is -1.86. The average Bonchev–Trinajstić information content (AvgIpc) is 2.83. The van der Waals surface area contributed by atoms with Gasteiger partial charge in [-0.2, -0.15) is 0 Å². The molecule has 4 nitrogen and oxygen atoms in total. The van der Waals surface area contributed by atoms with Gasteiger partial charge in [0.1, 0.15) is 0 Å². The van der Waals surface area contributed by atoms with Crippen molar-refractivity contribution < 1.29 is 9.28 Å². The van der Waals surface area contributed by atoms with Crippen LogP contribution < -0.4 is 5.32 Å². The van der Waals surface area contributed by atoms with Gasteiger partial charge in [-0.1, -0.05) is 12.1 Å². The number of amides is 1. The highest BCUT2D eigenvalue weighted by Gasteiger charge is 2.59. The molecular weight excluding hydrogens is 322 g/mol. The molecule has 0 atom stereocenters. The Balaban J connectivity index is 1.91. The fourth-order valence-electron chi connectivity index (χ4n) is 5.20. The second-order valence-corrected chi connectivity index (χ2v) is 8.23. The molecular formula is C22H32N3O+. The number of benzene rings is 1. The van der Waals surface area contributed by atoms with Crippen LogP contribution in [0.25, 0.3) is 4.85 Å². The van der Waals surface area contributed by atoms with Crippen LogP contribution in [0.5, 0.6) is 0 Å². The summed E-state index contributed by atoms with van der Waals surface area (Å²) in [7, 11) is 0. The number of aryl methyl sites for hydroxylation is 2. The maximum absolute atomic E-state index is 13.6. The fraction of sp³-hybridized carbons (Fsp3) is 0.636. The smallest absolute Gasteiger partial charge is 0.285 e. The molecule has 1 aromatic carbocycles. The molecule has 0 unspecified atom stereocenters. The van der Waals surface area contributed by atoms with Crippen molar-refractivity contribution in [3.05, 3.63) is 34.7 Å². The highest BCUT2D eigenvalue weighted by Crippen LogP contribution is 2.45. The number of carbonyl (C=O) groups is 1. The van der Waals surface area contributed by atoms with Gasteiger partial charge in [-0.25, -0.2) is 4.85 Å². The van der Waals surface area contributed by atoms with Gasteiger partial charge in [-0.05, 0) is 64.0 Å². The summed E-state index contributed by atoms with van der Waals surface area (Å²) >= 11 is 0. The Morgan fingerprint density at radius 3 is 2.12 bits per heavy atom. The van der Waals surface area contributed by atoms with Crippen LogP contribution in [0.2, 0.25) is 0 Å². The predicted octanol–water partition coefficient (Wildman–Crippen LogP) is 5.13. The maximum Gasteiger partial charge on any atom is 0.285 e. The predicted molar refractivity (Wildman–Crippen MR) is 106 cm³/mol. The largest absolute Gasteiger partial charge is 0.320 e. The van der Waals surface area contributed by atoms with Crippen molar-refractivity contribution >= 4 is 17.3 Å². The summed E-state index contributed by atoms with van der Waals surface area (Å²) in [5, 5.41) is 3.29. The summed E-state index contributed by atoms with van der Waals surface area (Å²) in [4.78, 5) is 17.1. The van der Waals surface area contributed by atoms with Crippen molar-refractivity contribution in [2.24, 2.45) is 0 Å². The molecule has 0 aromatic heterocycles. The van der Waals surface area contributed by atoms with Crippen molar-refractivity contribution in [3.8, 4) is 0 Å². The van der Waals surface area contributed by atoms with Gasteiger partial charge in [0.25, 0.3) is 5.91 Å². The molecule has 1 aliphatic heterocycles. The van der Waals surface area contributed by atoms with Gasteiger partial charge in [-0.3, -0.25) is 4.79 Å².